The van der Waals surface area contributed by atoms with E-state index >= 15 is 0 Å². The molecule has 1 aromatic carbocycles. The van der Waals surface area contributed by atoms with Gasteiger partial charge in [-0.2, -0.15) is 4.91 Å². The van der Waals surface area contributed by atoms with Gasteiger partial charge in [0.1, 0.15) is 16.9 Å². The first-order valence-electron chi connectivity index (χ1n) is 5.59. The van der Waals surface area contributed by atoms with E-state index in [1.807, 2.05) is 0 Å². The van der Waals surface area contributed by atoms with Gasteiger partial charge in [-0.05, 0) is 6.07 Å². The van der Waals surface area contributed by atoms with E-state index in [9.17, 15) is 13.7 Å². The van der Waals surface area contributed by atoms with Crippen molar-refractivity contribution in [3.05, 3.63) is 56.2 Å². The second-order valence-electron chi connectivity index (χ2n) is 3.86. The first-order valence-corrected chi connectivity index (χ1v) is 7.33. The van der Waals surface area contributed by atoms with Crippen molar-refractivity contribution in [1.29, 1.82) is 0 Å². The summed E-state index contributed by atoms with van der Waals surface area (Å²) < 4.78 is 26.6. The minimum Gasteiger partial charge on any atom is -0.210 e. The van der Waals surface area contributed by atoms with Crippen LogP contribution in [0.4, 0.5) is 8.78 Å². The van der Waals surface area contributed by atoms with E-state index in [4.69, 9.17) is 23.2 Å². The van der Waals surface area contributed by atoms with Gasteiger partial charge in [0.05, 0.1) is 5.56 Å². The van der Waals surface area contributed by atoms with Crippen LogP contribution in [0.5, 0.6) is 0 Å². The van der Waals surface area contributed by atoms with E-state index in [0.717, 1.165) is 17.8 Å². The molecule has 0 N–H and O–H groups in total. The summed E-state index contributed by atoms with van der Waals surface area (Å²) in [5.41, 5.74) is 0.407. The summed E-state index contributed by atoms with van der Waals surface area (Å²) in [7, 11) is 0. The molecule has 9 heteroatoms. The molecule has 110 valence electrons. The average Bonchev–Trinajstić information content (AvgIpc) is 2.44. The first kappa shape index (κ1) is 16.1. The van der Waals surface area contributed by atoms with Gasteiger partial charge in [0.2, 0.25) is 0 Å². The molecule has 0 aliphatic rings. The third-order valence-corrected chi connectivity index (χ3v) is 4.02. The summed E-state index contributed by atoms with van der Waals surface area (Å²) in [6, 6.07) is 3.90. The molecule has 0 radical (unpaired) electrons. The van der Waals surface area contributed by atoms with E-state index in [1.54, 1.807) is 0 Å². The normalized spacial score (nSPS) is 10.7. The van der Waals surface area contributed by atoms with Crippen molar-refractivity contribution in [3.8, 4) is 0 Å². The third-order valence-electron chi connectivity index (χ3n) is 2.50. The Morgan fingerprint density at radius 2 is 1.86 bits per heavy atom. The van der Waals surface area contributed by atoms with Crippen molar-refractivity contribution in [1.82, 2.24) is 9.97 Å². The van der Waals surface area contributed by atoms with Crippen molar-refractivity contribution in [2.24, 2.45) is 5.18 Å². The number of rotatable bonds is 5. The predicted octanol–water partition coefficient (Wildman–Crippen LogP) is 4.62. The number of nitroso groups, excluding NO2 is 1. The zero-order valence-electron chi connectivity index (χ0n) is 10.3. The molecular weight excluding hydrogens is 343 g/mol. The van der Waals surface area contributed by atoms with Crippen molar-refractivity contribution in [2.75, 3.05) is 0 Å². The second kappa shape index (κ2) is 7.11. The predicted molar refractivity (Wildman–Crippen MR) is 77.5 cm³/mol. The lowest BCUT2D eigenvalue weighted by molar-refractivity contribution is 0.502. The van der Waals surface area contributed by atoms with Crippen LogP contribution in [0.3, 0.4) is 0 Å². The highest BCUT2D eigenvalue weighted by atomic mass is 35.5. The quantitative estimate of drug-likeness (QED) is 0.342. The van der Waals surface area contributed by atoms with E-state index in [-0.39, 0.29) is 38.9 Å². The highest BCUT2D eigenvalue weighted by Crippen LogP contribution is 2.28. The van der Waals surface area contributed by atoms with E-state index in [1.165, 1.54) is 12.1 Å². The number of thioether (sulfide) groups is 1. The van der Waals surface area contributed by atoms with E-state index in [0.29, 0.717) is 0 Å². The molecule has 0 saturated carbocycles. The standard InChI is InChI=1S/C12H7Cl2F2N3OS/c13-10-7(4-17-20)11(14)19-12(18-10)21-5-6-2-1-3-8(15)9(6)16/h1-3H,4-5H2. The van der Waals surface area contributed by atoms with E-state index in [2.05, 4.69) is 15.1 Å². The lowest BCUT2D eigenvalue weighted by Crippen LogP contribution is -1.97. The summed E-state index contributed by atoms with van der Waals surface area (Å²) in [6.07, 6.45) is 0. The molecule has 0 saturated heterocycles. The molecule has 0 atom stereocenters. The largest absolute Gasteiger partial charge is 0.210 e. The number of nitrogens with zero attached hydrogens (tertiary/aromatic N) is 3. The summed E-state index contributed by atoms with van der Waals surface area (Å²) in [4.78, 5) is 18.1. The molecule has 21 heavy (non-hydrogen) atoms. The summed E-state index contributed by atoms with van der Waals surface area (Å²) in [6.45, 7) is -0.235. The highest BCUT2D eigenvalue weighted by molar-refractivity contribution is 7.98. The van der Waals surface area contributed by atoms with Crippen molar-refractivity contribution >= 4 is 35.0 Å². The smallest absolute Gasteiger partial charge is 0.190 e. The molecule has 0 bridgehead atoms. The minimum atomic E-state index is -0.919. The number of hydrogen-bond acceptors (Lipinski definition) is 5. The van der Waals surface area contributed by atoms with Gasteiger partial charge in [-0.1, -0.05) is 52.3 Å². The van der Waals surface area contributed by atoms with Crippen molar-refractivity contribution < 1.29 is 8.78 Å². The fourth-order valence-electron chi connectivity index (χ4n) is 1.47. The molecule has 1 heterocycles. The SMILES string of the molecule is O=NCc1c(Cl)nc(SCc2cccc(F)c2F)nc1Cl. The monoisotopic (exact) mass is 349 g/mol. The Hall–Kier alpha value is -1.31. The zero-order chi connectivity index (χ0) is 15.4. The number of halogens is 4. The summed E-state index contributed by atoms with van der Waals surface area (Å²) in [5, 5.41) is 2.89. The highest BCUT2D eigenvalue weighted by Gasteiger charge is 2.14. The fraction of sp³-hybridized carbons (Fsp3) is 0.167. The maximum Gasteiger partial charge on any atom is 0.190 e. The minimum absolute atomic E-state index is 0.0109. The lowest BCUT2D eigenvalue weighted by Gasteiger charge is -2.06. The molecule has 2 aromatic rings. The number of benzene rings is 1. The Morgan fingerprint density at radius 3 is 2.48 bits per heavy atom. The molecule has 0 fully saturated rings. The summed E-state index contributed by atoms with van der Waals surface area (Å²) >= 11 is 12.8. The Bertz CT molecular complexity index is 665. The van der Waals surface area contributed by atoms with Crippen molar-refractivity contribution in [2.45, 2.75) is 17.5 Å². The Morgan fingerprint density at radius 1 is 1.19 bits per heavy atom. The van der Waals surface area contributed by atoms with Gasteiger partial charge in [-0.15, -0.1) is 0 Å². The van der Waals surface area contributed by atoms with Gasteiger partial charge >= 0.3 is 0 Å². The molecule has 1 aromatic heterocycles. The van der Waals surface area contributed by atoms with Gasteiger partial charge < -0.3 is 0 Å². The Balaban J connectivity index is 2.17. The molecular formula is C12H7Cl2F2N3OS. The Kier molecular flexibility index (Phi) is 5.44. The molecule has 0 aliphatic carbocycles. The van der Waals surface area contributed by atoms with Crippen LogP contribution in [0.2, 0.25) is 10.3 Å². The average molecular weight is 350 g/mol. The number of hydrogen-bond donors (Lipinski definition) is 0. The van der Waals surface area contributed by atoms with Crippen LogP contribution in [0.15, 0.2) is 28.5 Å². The lowest BCUT2D eigenvalue weighted by atomic mass is 10.2. The topological polar surface area (TPSA) is 55.2 Å². The maximum atomic E-state index is 13.5. The molecule has 0 unspecified atom stereocenters. The van der Waals surface area contributed by atoms with Gasteiger partial charge in [-0.3, -0.25) is 0 Å². The van der Waals surface area contributed by atoms with Crippen molar-refractivity contribution in [3.63, 3.8) is 0 Å². The van der Waals surface area contributed by atoms with Gasteiger partial charge in [0, 0.05) is 11.3 Å². The second-order valence-corrected chi connectivity index (χ2v) is 5.51. The van der Waals surface area contributed by atoms with Crippen LogP contribution in [-0.4, -0.2) is 9.97 Å². The van der Waals surface area contributed by atoms with Crippen LogP contribution in [0, 0.1) is 16.5 Å². The van der Waals surface area contributed by atoms with E-state index < -0.39 is 11.6 Å². The summed E-state index contributed by atoms with van der Waals surface area (Å²) in [5.74, 6) is -1.72. The Labute approximate surface area is 132 Å². The maximum absolute atomic E-state index is 13.5. The zero-order valence-corrected chi connectivity index (χ0v) is 12.6. The first-order chi connectivity index (χ1) is 10.0. The number of aromatic nitrogens is 2. The van der Waals surface area contributed by atoms with Gasteiger partial charge in [-0.25, -0.2) is 18.7 Å². The van der Waals surface area contributed by atoms with Crippen LogP contribution >= 0.6 is 35.0 Å². The van der Waals surface area contributed by atoms with Crippen LogP contribution < -0.4 is 0 Å². The molecule has 0 aliphatic heterocycles. The fourth-order valence-corrected chi connectivity index (χ4v) is 2.90. The van der Waals surface area contributed by atoms with Crippen LogP contribution in [-0.2, 0) is 12.3 Å². The third kappa shape index (κ3) is 3.87. The van der Waals surface area contributed by atoms with Crippen LogP contribution in [0.1, 0.15) is 11.1 Å². The molecule has 4 nitrogen and oxygen atoms in total. The molecule has 2 rings (SSSR count). The van der Waals surface area contributed by atoms with Gasteiger partial charge in [0.15, 0.2) is 16.8 Å². The van der Waals surface area contributed by atoms with Crippen LogP contribution in [0.25, 0.3) is 0 Å². The molecule has 0 amide bonds. The van der Waals surface area contributed by atoms with Gasteiger partial charge in [0.25, 0.3) is 0 Å². The molecule has 0 spiro atoms.